The number of carbonyl (C=O) groups is 2. The number of unbranched alkanes of at least 4 members (excludes halogenated alkanes) is 10. The largest absolute Gasteiger partial charge is 0.481 e. The molecule has 160 valence electrons. The predicted molar refractivity (Wildman–Crippen MR) is 108 cm³/mol. The molecule has 0 saturated heterocycles. The normalized spacial score (nSPS) is 12.7. The molecule has 0 bridgehead atoms. The first-order valence-corrected chi connectivity index (χ1v) is 10.6. The van der Waals surface area contributed by atoms with Gasteiger partial charge in [0.15, 0.2) is 6.10 Å². The van der Waals surface area contributed by atoms with Gasteiger partial charge in [-0.05, 0) is 12.8 Å². The summed E-state index contributed by atoms with van der Waals surface area (Å²) in [6.45, 7) is 0.807. The number of likely N-dealkylation sites (N-methyl/N-ethyl adjacent to an activating group) is 1. The Kier molecular flexibility index (Phi) is 15.2. The summed E-state index contributed by atoms with van der Waals surface area (Å²) < 4.78 is 5.95. The van der Waals surface area contributed by atoms with Crippen LogP contribution in [-0.2, 0) is 14.3 Å². The van der Waals surface area contributed by atoms with Gasteiger partial charge in [0.2, 0.25) is 0 Å². The van der Waals surface area contributed by atoms with E-state index in [1.165, 1.54) is 38.5 Å². The first-order valence-electron chi connectivity index (χ1n) is 10.6. The molecule has 0 saturated carbocycles. The van der Waals surface area contributed by atoms with E-state index in [0.29, 0.717) is 24.1 Å². The van der Waals surface area contributed by atoms with Crippen molar-refractivity contribution in [3.8, 4) is 0 Å². The lowest BCUT2D eigenvalue weighted by Crippen LogP contribution is -2.43. The molecule has 0 rings (SSSR count). The van der Waals surface area contributed by atoms with Gasteiger partial charge in [-0.2, -0.15) is 0 Å². The number of nitrogens with zero attached hydrogens (tertiary/aromatic N) is 1. The molecule has 1 unspecified atom stereocenters. The van der Waals surface area contributed by atoms with Crippen LogP contribution in [0.5, 0.6) is 0 Å². The maximum absolute atomic E-state index is 12.0. The monoisotopic (exact) mass is 388 g/mol. The third kappa shape index (κ3) is 19.4. The van der Waals surface area contributed by atoms with E-state index < -0.39 is 12.1 Å². The number of aliphatic hydroxyl groups is 1. The van der Waals surface area contributed by atoms with Crippen LogP contribution >= 0.6 is 0 Å². The summed E-state index contributed by atoms with van der Waals surface area (Å²) in [6.07, 6.45) is 12.2. The Morgan fingerprint density at radius 3 is 1.67 bits per heavy atom. The van der Waals surface area contributed by atoms with Crippen LogP contribution in [0.4, 0.5) is 0 Å². The van der Waals surface area contributed by atoms with Crippen molar-refractivity contribution in [2.24, 2.45) is 0 Å². The number of aliphatic hydroxyl groups excluding tert-OH is 1. The number of quaternary nitrogens is 1. The fourth-order valence-electron chi connectivity index (χ4n) is 3.17. The zero-order valence-electron chi connectivity index (χ0n) is 17.8. The highest BCUT2D eigenvalue weighted by atomic mass is 16.5. The molecule has 0 aromatic heterocycles. The van der Waals surface area contributed by atoms with Gasteiger partial charge in [0.05, 0.1) is 27.6 Å². The molecule has 6 nitrogen and oxygen atoms in total. The van der Waals surface area contributed by atoms with E-state index in [2.05, 4.69) is 0 Å². The highest BCUT2D eigenvalue weighted by Gasteiger charge is 2.24. The highest BCUT2D eigenvalue weighted by molar-refractivity contribution is 5.71. The topological polar surface area (TPSA) is 83.8 Å². The SMILES string of the molecule is C[N+](C)(C)CC(CC(=O)O)OC(=O)CCCCCCCCCCCCCO. The molecular weight excluding hydrogens is 346 g/mol. The van der Waals surface area contributed by atoms with Gasteiger partial charge in [-0.1, -0.05) is 57.8 Å². The second-order valence-electron chi connectivity index (χ2n) is 8.55. The minimum Gasteiger partial charge on any atom is -0.481 e. The summed E-state index contributed by atoms with van der Waals surface area (Å²) >= 11 is 0. The van der Waals surface area contributed by atoms with Crippen LogP contribution in [0.1, 0.15) is 83.5 Å². The number of rotatable bonds is 18. The zero-order valence-corrected chi connectivity index (χ0v) is 17.8. The van der Waals surface area contributed by atoms with Gasteiger partial charge in [-0.25, -0.2) is 0 Å². The molecule has 0 aliphatic carbocycles. The maximum atomic E-state index is 12.0. The second kappa shape index (κ2) is 15.9. The standard InChI is InChI=1S/C21H41NO5/c1-22(2,3)18-19(17-20(24)25)27-21(26)15-13-11-9-7-5-4-6-8-10-12-14-16-23/h19,23H,4-18H2,1-3H3/p+1. The molecule has 1 atom stereocenters. The van der Waals surface area contributed by atoms with Crippen LogP contribution in [0.3, 0.4) is 0 Å². The van der Waals surface area contributed by atoms with E-state index in [4.69, 9.17) is 14.9 Å². The van der Waals surface area contributed by atoms with Gasteiger partial charge in [-0.3, -0.25) is 9.59 Å². The lowest BCUT2D eigenvalue weighted by molar-refractivity contribution is -0.873. The van der Waals surface area contributed by atoms with Crippen molar-refractivity contribution < 1.29 is 29.0 Å². The molecule has 0 aliphatic rings. The molecule has 2 N–H and O–H groups in total. The molecule has 27 heavy (non-hydrogen) atoms. The smallest absolute Gasteiger partial charge is 0.307 e. The van der Waals surface area contributed by atoms with Gasteiger partial charge in [0, 0.05) is 13.0 Å². The van der Waals surface area contributed by atoms with Crippen molar-refractivity contribution in [3.63, 3.8) is 0 Å². The van der Waals surface area contributed by atoms with Crippen LogP contribution in [0.15, 0.2) is 0 Å². The molecule has 0 aromatic carbocycles. The lowest BCUT2D eigenvalue weighted by atomic mass is 10.1. The van der Waals surface area contributed by atoms with E-state index in [0.717, 1.165) is 32.1 Å². The van der Waals surface area contributed by atoms with E-state index >= 15 is 0 Å². The summed E-state index contributed by atoms with van der Waals surface area (Å²) in [6, 6.07) is 0. The van der Waals surface area contributed by atoms with Crippen LogP contribution in [-0.4, -0.2) is 67.0 Å². The summed E-state index contributed by atoms with van der Waals surface area (Å²) in [5.74, 6) is -1.22. The molecule has 0 radical (unpaired) electrons. The third-order valence-corrected chi connectivity index (χ3v) is 4.49. The fourth-order valence-corrected chi connectivity index (χ4v) is 3.17. The van der Waals surface area contributed by atoms with Gasteiger partial charge in [0.1, 0.15) is 6.54 Å². The third-order valence-electron chi connectivity index (χ3n) is 4.49. The first kappa shape index (κ1) is 25.9. The van der Waals surface area contributed by atoms with Crippen molar-refractivity contribution in [2.45, 2.75) is 89.6 Å². The number of carboxylic acid groups (broad SMARTS) is 1. The highest BCUT2D eigenvalue weighted by Crippen LogP contribution is 2.13. The number of hydrogen-bond acceptors (Lipinski definition) is 4. The summed E-state index contributed by atoms with van der Waals surface area (Å²) in [7, 11) is 5.87. The minimum atomic E-state index is -0.936. The lowest BCUT2D eigenvalue weighted by Gasteiger charge is -2.28. The first-order chi connectivity index (χ1) is 12.7. The minimum absolute atomic E-state index is 0.138. The van der Waals surface area contributed by atoms with Gasteiger partial charge >= 0.3 is 11.9 Å². The zero-order chi connectivity index (χ0) is 20.5. The van der Waals surface area contributed by atoms with E-state index in [-0.39, 0.29) is 12.4 Å². The van der Waals surface area contributed by atoms with Crippen LogP contribution in [0.2, 0.25) is 0 Å². The van der Waals surface area contributed by atoms with Crippen molar-refractivity contribution in [1.29, 1.82) is 0 Å². The quantitative estimate of drug-likeness (QED) is 0.212. The van der Waals surface area contributed by atoms with Gasteiger partial charge in [-0.15, -0.1) is 0 Å². The molecule has 0 aromatic rings. The maximum Gasteiger partial charge on any atom is 0.307 e. The summed E-state index contributed by atoms with van der Waals surface area (Å²) in [4.78, 5) is 22.9. The van der Waals surface area contributed by atoms with E-state index in [9.17, 15) is 9.59 Å². The molecule has 0 heterocycles. The average molecular weight is 389 g/mol. The molecule has 0 aliphatic heterocycles. The van der Waals surface area contributed by atoms with Crippen LogP contribution < -0.4 is 0 Å². The number of hydrogen-bond donors (Lipinski definition) is 2. The molecule has 0 spiro atoms. The van der Waals surface area contributed by atoms with Gasteiger partial charge in [0.25, 0.3) is 0 Å². The van der Waals surface area contributed by atoms with Crippen molar-refractivity contribution >= 4 is 11.9 Å². The second-order valence-corrected chi connectivity index (χ2v) is 8.55. The summed E-state index contributed by atoms with van der Waals surface area (Å²) in [5.41, 5.74) is 0. The Bertz CT molecular complexity index is 393. The Morgan fingerprint density at radius 1 is 0.815 bits per heavy atom. The Labute approximate surface area is 165 Å². The number of carboxylic acids is 1. The summed E-state index contributed by atoms with van der Waals surface area (Å²) in [5, 5.41) is 17.7. The number of ether oxygens (including phenoxy) is 1. The van der Waals surface area contributed by atoms with Crippen molar-refractivity contribution in [2.75, 3.05) is 34.3 Å². The molecular formula is C21H42NO5+. The number of esters is 1. The van der Waals surface area contributed by atoms with Gasteiger partial charge < -0.3 is 19.4 Å². The van der Waals surface area contributed by atoms with Crippen LogP contribution in [0, 0.1) is 0 Å². The Balaban J connectivity index is 3.67. The number of aliphatic carboxylic acids is 1. The average Bonchev–Trinajstić information content (AvgIpc) is 2.53. The Morgan fingerprint density at radius 2 is 1.26 bits per heavy atom. The van der Waals surface area contributed by atoms with E-state index in [1.807, 2.05) is 21.1 Å². The molecule has 0 amide bonds. The van der Waals surface area contributed by atoms with Crippen molar-refractivity contribution in [1.82, 2.24) is 0 Å². The Hall–Kier alpha value is -1.14. The molecule has 6 heteroatoms. The molecule has 0 fully saturated rings. The fraction of sp³-hybridized carbons (Fsp3) is 0.905. The number of carbonyl (C=O) groups excluding carboxylic acids is 1. The van der Waals surface area contributed by atoms with Crippen molar-refractivity contribution in [3.05, 3.63) is 0 Å². The van der Waals surface area contributed by atoms with Crippen LogP contribution in [0.25, 0.3) is 0 Å². The predicted octanol–water partition coefficient (Wildman–Crippen LogP) is 3.75. The van der Waals surface area contributed by atoms with E-state index in [1.54, 1.807) is 0 Å².